The molecule has 0 aromatic carbocycles. The Bertz CT molecular complexity index is 681. The van der Waals surface area contributed by atoms with Crippen molar-refractivity contribution in [2.24, 2.45) is 11.7 Å². The predicted molar refractivity (Wildman–Crippen MR) is 121 cm³/mol. The molecule has 0 aromatic rings. The van der Waals surface area contributed by atoms with Crippen molar-refractivity contribution in [2.75, 3.05) is 19.0 Å². The number of rotatable bonds is 15. The van der Waals surface area contributed by atoms with Crippen LogP contribution in [0.15, 0.2) is 0 Å². The van der Waals surface area contributed by atoms with E-state index in [2.05, 4.69) is 33.9 Å². The lowest BCUT2D eigenvalue weighted by molar-refractivity contribution is -0.137. The van der Waals surface area contributed by atoms with Gasteiger partial charge in [0.25, 0.3) is 0 Å². The highest BCUT2D eigenvalue weighted by atomic mass is 32.1. The average Bonchev–Trinajstić information content (AvgIpc) is 2.80. The zero-order chi connectivity index (χ0) is 25.7. The first kappa shape index (κ1) is 30.7. The van der Waals surface area contributed by atoms with Gasteiger partial charge in [-0.3, -0.25) is 19.2 Å². The first-order valence-corrected chi connectivity index (χ1v) is 11.0. The second-order valence-electron chi connectivity index (χ2n) is 7.57. The van der Waals surface area contributed by atoms with Crippen LogP contribution in [0.4, 0.5) is 0 Å². The van der Waals surface area contributed by atoms with Gasteiger partial charge in [0.05, 0.1) is 25.4 Å². The van der Waals surface area contributed by atoms with Crippen LogP contribution in [0.5, 0.6) is 0 Å². The maximum atomic E-state index is 12.8. The van der Waals surface area contributed by atoms with E-state index in [4.69, 9.17) is 10.8 Å². The first-order valence-electron chi connectivity index (χ1n) is 10.4. The molecule has 0 bridgehead atoms. The summed E-state index contributed by atoms with van der Waals surface area (Å²) in [6.07, 6.45) is -0.421. The van der Waals surface area contributed by atoms with E-state index in [1.165, 1.54) is 6.92 Å². The van der Waals surface area contributed by atoms with Crippen LogP contribution in [0, 0.1) is 5.92 Å². The minimum absolute atomic E-state index is 0.0526. The molecule has 9 N–H and O–H groups in total. The minimum atomic E-state index is -1.54. The lowest BCUT2D eigenvalue weighted by atomic mass is 9.97. The number of thiol groups is 1. The van der Waals surface area contributed by atoms with Gasteiger partial charge in [-0.05, 0) is 12.8 Å². The van der Waals surface area contributed by atoms with Gasteiger partial charge in [0.2, 0.25) is 23.6 Å². The number of nitrogens with two attached hydrogens (primary N) is 1. The van der Waals surface area contributed by atoms with Gasteiger partial charge in [0, 0.05) is 5.75 Å². The molecule has 0 aliphatic rings. The van der Waals surface area contributed by atoms with Crippen molar-refractivity contribution in [1.29, 1.82) is 0 Å². The molecule has 7 atom stereocenters. The number of hydrogen-bond acceptors (Lipinski definition) is 10. The van der Waals surface area contributed by atoms with Crippen molar-refractivity contribution in [2.45, 2.75) is 63.5 Å². The summed E-state index contributed by atoms with van der Waals surface area (Å²) < 4.78 is 0. The molecule has 0 saturated heterocycles. The zero-order valence-electron chi connectivity index (χ0n) is 18.9. The second kappa shape index (κ2) is 15.6. The molecule has 0 aromatic heterocycles. The van der Waals surface area contributed by atoms with Gasteiger partial charge in [0.1, 0.15) is 30.5 Å². The molecule has 0 aliphatic carbocycles. The summed E-state index contributed by atoms with van der Waals surface area (Å²) in [6.45, 7) is 3.16. The van der Waals surface area contributed by atoms with Crippen LogP contribution < -0.4 is 27.0 Å². The highest BCUT2D eigenvalue weighted by Crippen LogP contribution is 2.09. The van der Waals surface area contributed by atoms with Crippen LogP contribution >= 0.6 is 12.6 Å². The molecule has 0 unspecified atom stereocenters. The Morgan fingerprint density at radius 2 is 1.45 bits per heavy atom. The number of amides is 4. The molecule has 14 heteroatoms. The molecule has 0 rings (SSSR count). The smallest absolute Gasteiger partial charge is 0.245 e. The molecule has 190 valence electrons. The van der Waals surface area contributed by atoms with Crippen LogP contribution in [-0.4, -0.2) is 101 Å². The van der Waals surface area contributed by atoms with E-state index in [9.17, 15) is 34.2 Å². The van der Waals surface area contributed by atoms with Gasteiger partial charge in [-0.25, -0.2) is 0 Å². The van der Waals surface area contributed by atoms with Crippen LogP contribution in [0.2, 0.25) is 0 Å². The Kier molecular flexibility index (Phi) is 14.5. The normalized spacial score (nSPS) is 17.3. The number of aliphatic hydroxyl groups is 3. The number of carbonyl (C=O) groups excluding carboxylic acids is 5. The average molecular weight is 494 g/mol. The van der Waals surface area contributed by atoms with Crippen molar-refractivity contribution >= 4 is 42.5 Å². The molecular formula is C19H35N5O8S. The maximum absolute atomic E-state index is 12.8. The Balaban J connectivity index is 5.47. The molecule has 0 radical (unpaired) electrons. The third-order valence-corrected chi connectivity index (χ3v) is 5.29. The molecule has 13 nitrogen and oxygen atoms in total. The highest BCUT2D eigenvalue weighted by molar-refractivity contribution is 7.80. The van der Waals surface area contributed by atoms with Gasteiger partial charge >= 0.3 is 0 Å². The van der Waals surface area contributed by atoms with Crippen molar-refractivity contribution in [3.8, 4) is 0 Å². The number of aldehydes is 1. The third kappa shape index (κ3) is 10.0. The van der Waals surface area contributed by atoms with Crippen LogP contribution in [-0.2, 0) is 24.0 Å². The van der Waals surface area contributed by atoms with Gasteiger partial charge in [-0.2, -0.15) is 12.6 Å². The van der Waals surface area contributed by atoms with Gasteiger partial charge in [0.15, 0.2) is 0 Å². The highest BCUT2D eigenvalue weighted by Gasteiger charge is 2.34. The minimum Gasteiger partial charge on any atom is -0.394 e. The summed E-state index contributed by atoms with van der Waals surface area (Å²) in [5.74, 6) is -3.77. The van der Waals surface area contributed by atoms with Gasteiger partial charge in [-0.15, -0.1) is 0 Å². The van der Waals surface area contributed by atoms with Gasteiger partial charge in [-0.1, -0.05) is 20.3 Å². The van der Waals surface area contributed by atoms with E-state index in [0.717, 1.165) is 0 Å². The summed E-state index contributed by atoms with van der Waals surface area (Å²) >= 11 is 3.97. The lowest BCUT2D eigenvalue weighted by Crippen LogP contribution is -2.62. The Labute approximate surface area is 197 Å². The summed E-state index contributed by atoms with van der Waals surface area (Å²) in [4.78, 5) is 60.7. The summed E-state index contributed by atoms with van der Waals surface area (Å²) in [5, 5.41) is 37.6. The fraction of sp³-hybridized carbons (Fsp3) is 0.737. The molecule has 33 heavy (non-hydrogen) atoms. The van der Waals surface area contributed by atoms with E-state index < -0.39 is 73.2 Å². The van der Waals surface area contributed by atoms with Crippen molar-refractivity contribution < 1.29 is 39.3 Å². The van der Waals surface area contributed by atoms with Crippen LogP contribution in [0.25, 0.3) is 0 Å². The number of carbonyl (C=O) groups is 5. The fourth-order valence-corrected chi connectivity index (χ4v) is 2.73. The number of nitrogens with one attached hydrogen (secondary N) is 4. The van der Waals surface area contributed by atoms with Crippen LogP contribution in [0.1, 0.15) is 27.2 Å². The largest absolute Gasteiger partial charge is 0.394 e. The Hall–Kier alpha value is -2.26. The monoisotopic (exact) mass is 493 g/mol. The van der Waals surface area contributed by atoms with E-state index in [-0.39, 0.29) is 11.7 Å². The quantitative estimate of drug-likeness (QED) is 0.0796. The topological polar surface area (TPSA) is 220 Å². The Morgan fingerprint density at radius 3 is 1.88 bits per heavy atom. The fourth-order valence-electron chi connectivity index (χ4n) is 2.56. The molecule has 4 amide bonds. The van der Waals surface area contributed by atoms with Crippen molar-refractivity contribution in [3.63, 3.8) is 0 Å². The summed E-state index contributed by atoms with van der Waals surface area (Å²) in [7, 11) is 0. The standard InChI is InChI=1S/C19H35N5O8S/c1-4-9(2)14(18(31)21-11(5-25)8-33)23-19(32)15(10(3)28)24-17(30)13(7-27)22-16(29)12(20)6-26/h5,9-15,26-28,33H,4,6-8,20H2,1-3H3,(H,21,31)(H,22,29)(H,23,32)(H,24,30)/t9-,10+,11+,12-,13-,14-,15-/m0/s1. The van der Waals surface area contributed by atoms with E-state index in [1.54, 1.807) is 13.8 Å². The molecule has 0 fully saturated rings. The molecule has 0 spiro atoms. The third-order valence-electron chi connectivity index (χ3n) is 4.89. The van der Waals surface area contributed by atoms with E-state index >= 15 is 0 Å². The molecule has 0 aliphatic heterocycles. The lowest BCUT2D eigenvalue weighted by Gasteiger charge is -2.29. The van der Waals surface area contributed by atoms with Gasteiger partial charge < -0.3 is 47.1 Å². The zero-order valence-corrected chi connectivity index (χ0v) is 19.7. The number of hydrogen-bond donors (Lipinski definition) is 9. The molecule has 0 saturated carbocycles. The van der Waals surface area contributed by atoms with E-state index in [0.29, 0.717) is 12.7 Å². The summed E-state index contributed by atoms with van der Waals surface area (Å²) in [6, 6.07) is -6.33. The van der Waals surface area contributed by atoms with Crippen molar-refractivity contribution in [1.82, 2.24) is 21.3 Å². The predicted octanol–water partition coefficient (Wildman–Crippen LogP) is -4.21. The number of aliphatic hydroxyl groups excluding tert-OH is 3. The molecule has 0 heterocycles. The SMILES string of the molecule is CC[C@H](C)[C@H](NC(=O)[C@@H](NC(=O)[C@H](CO)NC(=O)[C@@H](N)CO)[C@@H](C)O)C(=O)N[C@H](C=O)CS. The van der Waals surface area contributed by atoms with Crippen LogP contribution in [0.3, 0.4) is 0 Å². The molecular weight excluding hydrogens is 458 g/mol. The summed E-state index contributed by atoms with van der Waals surface area (Å²) in [5.41, 5.74) is 5.35. The Morgan fingerprint density at radius 1 is 0.909 bits per heavy atom. The van der Waals surface area contributed by atoms with Crippen molar-refractivity contribution in [3.05, 3.63) is 0 Å². The first-order chi connectivity index (χ1) is 15.5. The maximum Gasteiger partial charge on any atom is 0.245 e. The second-order valence-corrected chi connectivity index (χ2v) is 7.93. The van der Waals surface area contributed by atoms with E-state index in [1.807, 2.05) is 0 Å².